The summed E-state index contributed by atoms with van der Waals surface area (Å²) in [6.45, 7) is 5.64. The molecule has 1 aliphatic carbocycles. The van der Waals surface area contributed by atoms with Crippen molar-refractivity contribution in [3.05, 3.63) is 29.8 Å². The molecule has 1 aromatic carbocycles. The molecular weight excluding hydrogens is 222 g/mol. The van der Waals surface area contributed by atoms with Crippen LogP contribution in [0.1, 0.15) is 57.6 Å². The molecule has 1 unspecified atom stereocenters. The Hall–Kier alpha value is -1.02. The second-order valence-corrected chi connectivity index (χ2v) is 6.07. The minimum Gasteiger partial charge on any atom is -0.508 e. The lowest BCUT2D eigenvalue weighted by atomic mass is 9.75. The number of phenols is 1. The van der Waals surface area contributed by atoms with Gasteiger partial charge in [0.05, 0.1) is 0 Å². The smallest absolute Gasteiger partial charge is 0.115 e. The highest BCUT2D eigenvalue weighted by Crippen LogP contribution is 2.35. The summed E-state index contributed by atoms with van der Waals surface area (Å²) in [5.74, 6) is 0.352. The van der Waals surface area contributed by atoms with E-state index in [1.54, 1.807) is 6.07 Å². The number of hydrogen-bond donors (Lipinski definition) is 2. The van der Waals surface area contributed by atoms with Crippen LogP contribution in [0.3, 0.4) is 0 Å². The number of nitrogens with one attached hydrogen (secondary N) is 1. The van der Waals surface area contributed by atoms with Crippen LogP contribution in [-0.2, 0) is 0 Å². The monoisotopic (exact) mass is 247 g/mol. The molecule has 2 heteroatoms. The van der Waals surface area contributed by atoms with Gasteiger partial charge in [-0.2, -0.15) is 0 Å². The van der Waals surface area contributed by atoms with E-state index in [1.807, 2.05) is 12.1 Å². The molecule has 0 saturated heterocycles. The lowest BCUT2D eigenvalue weighted by Gasteiger charge is -2.35. The summed E-state index contributed by atoms with van der Waals surface area (Å²) in [7, 11) is 0. The number of rotatable bonds is 4. The van der Waals surface area contributed by atoms with Gasteiger partial charge in [-0.25, -0.2) is 0 Å². The summed E-state index contributed by atoms with van der Waals surface area (Å²) < 4.78 is 0. The number of hydrogen-bond acceptors (Lipinski definition) is 2. The second kappa shape index (κ2) is 5.75. The molecule has 0 radical (unpaired) electrons. The van der Waals surface area contributed by atoms with Crippen LogP contribution in [0.25, 0.3) is 0 Å². The van der Waals surface area contributed by atoms with E-state index in [0.29, 0.717) is 17.2 Å². The average Bonchev–Trinajstić information content (AvgIpc) is 2.37. The summed E-state index contributed by atoms with van der Waals surface area (Å²) in [4.78, 5) is 0. The third-order valence-corrected chi connectivity index (χ3v) is 4.27. The van der Waals surface area contributed by atoms with Crippen LogP contribution in [0.2, 0.25) is 0 Å². The van der Waals surface area contributed by atoms with Gasteiger partial charge in [-0.15, -0.1) is 0 Å². The van der Waals surface area contributed by atoms with Gasteiger partial charge in [0.1, 0.15) is 5.75 Å². The van der Waals surface area contributed by atoms with Crippen LogP contribution in [0.4, 0.5) is 0 Å². The first-order valence-corrected chi connectivity index (χ1v) is 7.11. The Bertz CT molecular complexity index is 382. The van der Waals surface area contributed by atoms with Crippen molar-refractivity contribution in [2.24, 2.45) is 5.41 Å². The van der Waals surface area contributed by atoms with E-state index in [2.05, 4.69) is 25.2 Å². The summed E-state index contributed by atoms with van der Waals surface area (Å²) >= 11 is 0. The van der Waals surface area contributed by atoms with Crippen LogP contribution in [0.15, 0.2) is 24.3 Å². The van der Waals surface area contributed by atoms with Gasteiger partial charge in [0, 0.05) is 12.6 Å². The predicted octanol–water partition coefficient (Wildman–Crippen LogP) is 4.01. The Balaban J connectivity index is 1.89. The molecule has 1 atom stereocenters. The van der Waals surface area contributed by atoms with Crippen molar-refractivity contribution >= 4 is 0 Å². The second-order valence-electron chi connectivity index (χ2n) is 6.07. The molecule has 2 rings (SSSR count). The van der Waals surface area contributed by atoms with Crippen LogP contribution < -0.4 is 5.32 Å². The lowest BCUT2D eigenvalue weighted by Crippen LogP contribution is -2.34. The molecule has 0 heterocycles. The molecule has 100 valence electrons. The molecule has 18 heavy (non-hydrogen) atoms. The molecular formula is C16H25NO. The maximum atomic E-state index is 9.50. The first-order valence-electron chi connectivity index (χ1n) is 7.11. The Labute approximate surface area is 110 Å². The van der Waals surface area contributed by atoms with Crippen molar-refractivity contribution in [1.82, 2.24) is 5.32 Å². The van der Waals surface area contributed by atoms with Gasteiger partial charge in [0.15, 0.2) is 0 Å². The molecule has 1 saturated carbocycles. The van der Waals surface area contributed by atoms with Crippen molar-refractivity contribution < 1.29 is 5.11 Å². The zero-order valence-electron chi connectivity index (χ0n) is 11.6. The van der Waals surface area contributed by atoms with E-state index in [1.165, 1.54) is 32.1 Å². The van der Waals surface area contributed by atoms with Crippen LogP contribution >= 0.6 is 0 Å². The zero-order chi connectivity index (χ0) is 13.0. The van der Waals surface area contributed by atoms with Gasteiger partial charge in [0.25, 0.3) is 0 Å². The minimum atomic E-state index is 0.302. The van der Waals surface area contributed by atoms with Crippen LogP contribution in [0, 0.1) is 5.41 Å². The number of phenolic OH excluding ortho intramolecular Hbond substituents is 1. The van der Waals surface area contributed by atoms with E-state index in [4.69, 9.17) is 0 Å². The Morgan fingerprint density at radius 3 is 2.67 bits per heavy atom. The first-order chi connectivity index (χ1) is 8.59. The van der Waals surface area contributed by atoms with Crippen LogP contribution in [0.5, 0.6) is 5.75 Å². The highest BCUT2D eigenvalue weighted by atomic mass is 16.3. The van der Waals surface area contributed by atoms with E-state index >= 15 is 0 Å². The van der Waals surface area contributed by atoms with Crippen molar-refractivity contribution in [3.63, 3.8) is 0 Å². The molecule has 2 nitrogen and oxygen atoms in total. The van der Waals surface area contributed by atoms with Gasteiger partial charge < -0.3 is 10.4 Å². The van der Waals surface area contributed by atoms with Crippen molar-refractivity contribution in [1.29, 1.82) is 0 Å². The third-order valence-electron chi connectivity index (χ3n) is 4.27. The van der Waals surface area contributed by atoms with Crippen molar-refractivity contribution in [2.75, 3.05) is 6.54 Å². The molecule has 0 aliphatic heterocycles. The fraction of sp³-hybridized carbons (Fsp3) is 0.625. The average molecular weight is 247 g/mol. The zero-order valence-corrected chi connectivity index (χ0v) is 11.6. The molecule has 1 fully saturated rings. The quantitative estimate of drug-likeness (QED) is 0.842. The molecule has 0 amide bonds. The molecule has 0 aromatic heterocycles. The van der Waals surface area contributed by atoms with E-state index in [0.717, 1.165) is 12.1 Å². The standard InChI is InChI=1S/C16H25NO/c1-13(14-7-6-8-15(18)11-14)17-12-16(2)9-4-3-5-10-16/h6-8,11,13,17-18H,3-5,9-10,12H2,1-2H3. The molecule has 0 spiro atoms. The molecule has 1 aromatic rings. The lowest BCUT2D eigenvalue weighted by molar-refractivity contribution is 0.202. The van der Waals surface area contributed by atoms with Crippen molar-refractivity contribution in [2.45, 2.75) is 52.0 Å². The Kier molecular flexibility index (Phi) is 4.28. The van der Waals surface area contributed by atoms with Gasteiger partial charge >= 0.3 is 0 Å². The summed E-state index contributed by atoms with van der Waals surface area (Å²) in [5.41, 5.74) is 1.62. The minimum absolute atomic E-state index is 0.302. The molecule has 2 N–H and O–H groups in total. The maximum absolute atomic E-state index is 9.50. The van der Waals surface area contributed by atoms with E-state index < -0.39 is 0 Å². The summed E-state index contributed by atoms with van der Waals surface area (Å²) in [5, 5.41) is 13.1. The summed E-state index contributed by atoms with van der Waals surface area (Å²) in [6, 6.07) is 7.85. The fourth-order valence-corrected chi connectivity index (χ4v) is 2.89. The van der Waals surface area contributed by atoms with Gasteiger partial charge in [-0.1, -0.05) is 38.3 Å². The number of benzene rings is 1. The van der Waals surface area contributed by atoms with Crippen molar-refractivity contribution in [3.8, 4) is 5.75 Å². The highest BCUT2D eigenvalue weighted by Gasteiger charge is 2.26. The normalized spacial score (nSPS) is 20.6. The third kappa shape index (κ3) is 3.49. The fourth-order valence-electron chi connectivity index (χ4n) is 2.89. The largest absolute Gasteiger partial charge is 0.508 e. The SMILES string of the molecule is CC(NCC1(C)CCCCC1)c1cccc(O)c1. The predicted molar refractivity (Wildman–Crippen MR) is 75.7 cm³/mol. The Morgan fingerprint density at radius 2 is 2.00 bits per heavy atom. The van der Waals surface area contributed by atoms with E-state index in [9.17, 15) is 5.11 Å². The maximum Gasteiger partial charge on any atom is 0.115 e. The topological polar surface area (TPSA) is 32.3 Å². The highest BCUT2D eigenvalue weighted by molar-refractivity contribution is 5.29. The molecule has 0 bridgehead atoms. The Morgan fingerprint density at radius 1 is 1.28 bits per heavy atom. The number of aromatic hydroxyl groups is 1. The molecule has 1 aliphatic rings. The van der Waals surface area contributed by atoms with Crippen LogP contribution in [-0.4, -0.2) is 11.7 Å². The van der Waals surface area contributed by atoms with Gasteiger partial charge in [-0.3, -0.25) is 0 Å². The van der Waals surface area contributed by atoms with E-state index in [-0.39, 0.29) is 0 Å². The summed E-state index contributed by atoms with van der Waals surface area (Å²) in [6.07, 6.45) is 6.83. The van der Waals surface area contributed by atoms with Gasteiger partial charge in [-0.05, 0) is 42.9 Å². The van der Waals surface area contributed by atoms with Gasteiger partial charge in [0.2, 0.25) is 0 Å². The first kappa shape index (κ1) is 13.4.